The number of rotatable bonds is 6. The third-order valence-electron chi connectivity index (χ3n) is 3.47. The van der Waals surface area contributed by atoms with E-state index in [1.54, 1.807) is 0 Å². The van der Waals surface area contributed by atoms with E-state index in [1.807, 2.05) is 6.07 Å². The van der Waals surface area contributed by atoms with Gasteiger partial charge in [-0.25, -0.2) is 0 Å². The minimum Gasteiger partial charge on any atom is -0.488 e. The van der Waals surface area contributed by atoms with E-state index in [9.17, 15) is 0 Å². The van der Waals surface area contributed by atoms with E-state index >= 15 is 0 Å². The predicted octanol–water partition coefficient (Wildman–Crippen LogP) is 4.19. The van der Waals surface area contributed by atoms with Gasteiger partial charge in [-0.3, -0.25) is 0 Å². The van der Waals surface area contributed by atoms with Crippen molar-refractivity contribution in [2.75, 3.05) is 13.2 Å². The fourth-order valence-electron chi connectivity index (χ4n) is 2.56. The van der Waals surface area contributed by atoms with Gasteiger partial charge in [0.25, 0.3) is 0 Å². The Labute approximate surface area is 120 Å². The first kappa shape index (κ1) is 14.4. The predicted molar refractivity (Wildman–Crippen MR) is 80.9 cm³/mol. The van der Waals surface area contributed by atoms with Crippen LogP contribution in [0.1, 0.15) is 43.4 Å². The van der Waals surface area contributed by atoms with Crippen LogP contribution in [0.15, 0.2) is 29.8 Å². The third kappa shape index (κ3) is 3.99. The number of nitrogens with one attached hydrogen (secondary N) is 1. The number of aryl methyl sites for hydroxylation is 1. The zero-order valence-electron chi connectivity index (χ0n) is 11.5. The smallest absolute Gasteiger partial charge is 0.123 e. The number of hydrogen-bond acceptors (Lipinski definition) is 2. The molecule has 1 unspecified atom stereocenters. The van der Waals surface area contributed by atoms with Gasteiger partial charge in [0, 0.05) is 11.1 Å². The number of halogens is 1. The molecular formula is C16H22ClNO. The molecule has 0 saturated carbocycles. The number of ether oxygens (including phenoxy) is 1. The van der Waals surface area contributed by atoms with Crippen LogP contribution in [0.3, 0.4) is 0 Å². The van der Waals surface area contributed by atoms with Crippen molar-refractivity contribution in [1.29, 1.82) is 0 Å². The van der Waals surface area contributed by atoms with Crippen LogP contribution in [0.4, 0.5) is 0 Å². The van der Waals surface area contributed by atoms with Gasteiger partial charge in [0.05, 0.1) is 0 Å². The quantitative estimate of drug-likeness (QED) is 0.843. The molecule has 19 heavy (non-hydrogen) atoms. The second kappa shape index (κ2) is 6.97. The highest BCUT2D eigenvalue weighted by Gasteiger charge is 2.20. The second-order valence-corrected chi connectivity index (χ2v) is 5.60. The lowest BCUT2D eigenvalue weighted by molar-refractivity contribution is 0.357. The summed E-state index contributed by atoms with van der Waals surface area (Å²) < 4.78 is 5.63. The third-order valence-corrected chi connectivity index (χ3v) is 3.58. The summed E-state index contributed by atoms with van der Waals surface area (Å²) >= 11 is 5.74. The molecule has 3 heteroatoms. The van der Waals surface area contributed by atoms with Gasteiger partial charge in [-0.05, 0) is 55.5 Å². The van der Waals surface area contributed by atoms with Crippen LogP contribution < -0.4 is 10.1 Å². The summed E-state index contributed by atoms with van der Waals surface area (Å²) in [6.45, 7) is 7.27. The fourth-order valence-corrected chi connectivity index (χ4v) is 2.61. The molecule has 1 aliphatic carbocycles. The van der Waals surface area contributed by atoms with Gasteiger partial charge in [-0.1, -0.05) is 31.2 Å². The Hall–Kier alpha value is -0.990. The Bertz CT molecular complexity index is 444. The van der Waals surface area contributed by atoms with Gasteiger partial charge in [0.1, 0.15) is 12.4 Å². The molecule has 0 heterocycles. The molecule has 0 fully saturated rings. The Morgan fingerprint density at radius 3 is 3.11 bits per heavy atom. The standard InChI is InChI=1S/C16H22ClNO/c1-3-9-18-16-6-4-5-13-7-8-14(10-15(13)16)19-11-12(2)17/h7-8,10,16,18H,2-6,9,11H2,1H3. The van der Waals surface area contributed by atoms with Crippen LogP contribution in [-0.4, -0.2) is 13.2 Å². The normalized spacial score (nSPS) is 17.9. The maximum atomic E-state index is 5.74. The molecule has 0 saturated heterocycles. The van der Waals surface area contributed by atoms with Crippen molar-refractivity contribution in [3.63, 3.8) is 0 Å². The molecule has 1 aromatic rings. The van der Waals surface area contributed by atoms with E-state index in [0.29, 0.717) is 17.7 Å². The summed E-state index contributed by atoms with van der Waals surface area (Å²) in [6.07, 6.45) is 4.79. The molecule has 1 aliphatic rings. The second-order valence-electron chi connectivity index (χ2n) is 5.07. The Morgan fingerprint density at radius 1 is 1.53 bits per heavy atom. The van der Waals surface area contributed by atoms with Gasteiger partial charge in [0.2, 0.25) is 0 Å². The summed E-state index contributed by atoms with van der Waals surface area (Å²) in [5, 5.41) is 4.15. The maximum Gasteiger partial charge on any atom is 0.123 e. The van der Waals surface area contributed by atoms with E-state index in [2.05, 4.69) is 31.0 Å². The van der Waals surface area contributed by atoms with Crippen LogP contribution in [0, 0.1) is 0 Å². The van der Waals surface area contributed by atoms with Gasteiger partial charge in [-0.2, -0.15) is 0 Å². The molecule has 1 aromatic carbocycles. The van der Waals surface area contributed by atoms with Crippen LogP contribution in [-0.2, 0) is 6.42 Å². The molecular weight excluding hydrogens is 258 g/mol. The van der Waals surface area contributed by atoms with E-state index in [0.717, 1.165) is 18.7 Å². The summed E-state index contributed by atoms with van der Waals surface area (Å²) in [4.78, 5) is 0. The molecule has 0 spiro atoms. The van der Waals surface area contributed by atoms with Crippen molar-refractivity contribution in [3.8, 4) is 5.75 Å². The average molecular weight is 280 g/mol. The molecule has 0 aliphatic heterocycles. The van der Waals surface area contributed by atoms with Crippen LogP contribution in [0.2, 0.25) is 0 Å². The molecule has 2 nitrogen and oxygen atoms in total. The number of fused-ring (bicyclic) bond motifs is 1. The van der Waals surface area contributed by atoms with E-state index in [4.69, 9.17) is 16.3 Å². The van der Waals surface area contributed by atoms with Crippen molar-refractivity contribution >= 4 is 11.6 Å². The zero-order chi connectivity index (χ0) is 13.7. The van der Waals surface area contributed by atoms with Crippen LogP contribution >= 0.6 is 11.6 Å². The van der Waals surface area contributed by atoms with Gasteiger partial charge >= 0.3 is 0 Å². The highest BCUT2D eigenvalue weighted by atomic mass is 35.5. The minimum absolute atomic E-state index is 0.368. The topological polar surface area (TPSA) is 21.3 Å². The van der Waals surface area contributed by atoms with Crippen molar-refractivity contribution in [2.24, 2.45) is 0 Å². The fraction of sp³-hybridized carbons (Fsp3) is 0.500. The maximum absolute atomic E-state index is 5.74. The molecule has 0 amide bonds. The highest BCUT2D eigenvalue weighted by molar-refractivity contribution is 6.29. The summed E-state index contributed by atoms with van der Waals surface area (Å²) in [5.74, 6) is 0.880. The number of benzene rings is 1. The number of hydrogen-bond donors (Lipinski definition) is 1. The minimum atomic E-state index is 0.368. The summed E-state index contributed by atoms with van der Waals surface area (Å²) in [7, 11) is 0. The Morgan fingerprint density at radius 2 is 2.37 bits per heavy atom. The highest BCUT2D eigenvalue weighted by Crippen LogP contribution is 2.32. The van der Waals surface area contributed by atoms with Gasteiger partial charge < -0.3 is 10.1 Å². The monoisotopic (exact) mass is 279 g/mol. The van der Waals surface area contributed by atoms with E-state index in [1.165, 1.54) is 30.4 Å². The molecule has 0 aromatic heterocycles. The van der Waals surface area contributed by atoms with E-state index < -0.39 is 0 Å². The molecule has 104 valence electrons. The van der Waals surface area contributed by atoms with Gasteiger partial charge in [0.15, 0.2) is 0 Å². The van der Waals surface area contributed by atoms with Crippen molar-refractivity contribution < 1.29 is 4.74 Å². The lowest BCUT2D eigenvalue weighted by Gasteiger charge is -2.27. The molecule has 0 radical (unpaired) electrons. The van der Waals surface area contributed by atoms with Crippen LogP contribution in [0.5, 0.6) is 5.75 Å². The SMILES string of the molecule is C=C(Cl)COc1ccc2c(c1)C(NCCC)CCC2. The van der Waals surface area contributed by atoms with Gasteiger partial charge in [-0.15, -0.1) is 0 Å². The summed E-state index contributed by atoms with van der Waals surface area (Å²) in [6, 6.07) is 6.83. The average Bonchev–Trinajstić information content (AvgIpc) is 2.42. The van der Waals surface area contributed by atoms with Crippen molar-refractivity contribution in [2.45, 2.75) is 38.6 Å². The molecule has 1 N–H and O–H groups in total. The lowest BCUT2D eigenvalue weighted by atomic mass is 9.87. The first-order valence-corrected chi connectivity index (χ1v) is 7.40. The first-order chi connectivity index (χ1) is 9.20. The van der Waals surface area contributed by atoms with Crippen molar-refractivity contribution in [1.82, 2.24) is 5.32 Å². The largest absolute Gasteiger partial charge is 0.488 e. The van der Waals surface area contributed by atoms with Crippen molar-refractivity contribution in [3.05, 3.63) is 40.9 Å². The van der Waals surface area contributed by atoms with E-state index in [-0.39, 0.29) is 0 Å². The Balaban J connectivity index is 2.12. The molecule has 2 rings (SSSR count). The van der Waals surface area contributed by atoms with Crippen LogP contribution in [0.25, 0.3) is 0 Å². The Kier molecular flexibility index (Phi) is 5.29. The zero-order valence-corrected chi connectivity index (χ0v) is 12.3. The summed E-state index contributed by atoms with van der Waals surface area (Å²) in [5.41, 5.74) is 2.83. The first-order valence-electron chi connectivity index (χ1n) is 7.03. The molecule has 1 atom stereocenters. The molecule has 0 bridgehead atoms. The lowest BCUT2D eigenvalue weighted by Crippen LogP contribution is -2.25.